The lowest BCUT2D eigenvalue weighted by molar-refractivity contribution is 0.114. The minimum atomic E-state index is 0.359. The Hall–Kier alpha value is -1.95. The van der Waals surface area contributed by atoms with Gasteiger partial charge in [0.25, 0.3) is 5.89 Å². The lowest BCUT2D eigenvalue weighted by atomic mass is 10.2. The molecule has 2 N–H and O–H groups in total. The molecule has 0 spiro atoms. The molecule has 90 valence electrons. The van der Waals surface area contributed by atoms with Crippen molar-refractivity contribution in [2.75, 3.05) is 12.3 Å². The molecule has 0 saturated heterocycles. The van der Waals surface area contributed by atoms with Crippen molar-refractivity contribution in [1.29, 1.82) is 0 Å². The average molecular weight is 234 g/mol. The van der Waals surface area contributed by atoms with E-state index in [1.165, 1.54) is 0 Å². The smallest absolute Gasteiger partial charge is 0.258 e. The van der Waals surface area contributed by atoms with Gasteiger partial charge in [-0.25, -0.2) is 4.98 Å². The van der Waals surface area contributed by atoms with E-state index in [1.54, 1.807) is 18.3 Å². The molecule has 6 heteroatoms. The van der Waals surface area contributed by atoms with Crippen molar-refractivity contribution in [3.8, 4) is 11.5 Å². The number of anilines is 1. The Morgan fingerprint density at radius 2 is 2.35 bits per heavy atom. The standard InChI is InChI=1S/C11H14N4O2/c1-2-5-16-7-10-14-11(17-15-10)8-3-4-13-9(12)6-8/h3-4,6H,2,5,7H2,1H3,(H2,12,13). The van der Waals surface area contributed by atoms with E-state index in [2.05, 4.69) is 15.1 Å². The highest BCUT2D eigenvalue weighted by Gasteiger charge is 2.09. The summed E-state index contributed by atoms with van der Waals surface area (Å²) in [6.07, 6.45) is 2.56. The summed E-state index contributed by atoms with van der Waals surface area (Å²) in [5.41, 5.74) is 6.33. The number of ether oxygens (including phenoxy) is 1. The van der Waals surface area contributed by atoms with Crippen LogP contribution in [0.5, 0.6) is 0 Å². The van der Waals surface area contributed by atoms with Gasteiger partial charge < -0.3 is 15.0 Å². The van der Waals surface area contributed by atoms with Crippen LogP contribution < -0.4 is 5.73 Å². The summed E-state index contributed by atoms with van der Waals surface area (Å²) in [5, 5.41) is 3.82. The lowest BCUT2D eigenvalue weighted by Gasteiger charge is -1.96. The number of hydrogen-bond donors (Lipinski definition) is 1. The van der Waals surface area contributed by atoms with Crippen LogP contribution in [0, 0.1) is 0 Å². The van der Waals surface area contributed by atoms with E-state index in [0.717, 1.165) is 12.0 Å². The second kappa shape index (κ2) is 5.40. The topological polar surface area (TPSA) is 87.1 Å². The molecule has 0 aliphatic rings. The zero-order chi connectivity index (χ0) is 12.1. The molecule has 0 atom stereocenters. The molecule has 0 aliphatic carbocycles. The Kier molecular flexibility index (Phi) is 3.66. The largest absolute Gasteiger partial charge is 0.384 e. The van der Waals surface area contributed by atoms with Crippen LogP contribution in [-0.4, -0.2) is 21.7 Å². The van der Waals surface area contributed by atoms with Crippen LogP contribution in [0.1, 0.15) is 19.2 Å². The normalized spacial score (nSPS) is 10.6. The maximum Gasteiger partial charge on any atom is 0.258 e. The third-order valence-electron chi connectivity index (χ3n) is 2.08. The van der Waals surface area contributed by atoms with Crippen molar-refractivity contribution in [3.63, 3.8) is 0 Å². The van der Waals surface area contributed by atoms with Gasteiger partial charge in [-0.2, -0.15) is 4.98 Å². The van der Waals surface area contributed by atoms with Gasteiger partial charge in [-0.1, -0.05) is 12.1 Å². The number of nitrogen functional groups attached to an aromatic ring is 1. The van der Waals surface area contributed by atoms with E-state index < -0.39 is 0 Å². The summed E-state index contributed by atoms with van der Waals surface area (Å²) in [7, 11) is 0. The highest BCUT2D eigenvalue weighted by Crippen LogP contribution is 2.18. The van der Waals surface area contributed by atoms with Gasteiger partial charge in [0.05, 0.1) is 0 Å². The molecule has 0 radical (unpaired) electrons. The van der Waals surface area contributed by atoms with Crippen molar-refractivity contribution in [2.24, 2.45) is 0 Å². The van der Waals surface area contributed by atoms with E-state index in [0.29, 0.717) is 30.7 Å². The first kappa shape index (κ1) is 11.5. The van der Waals surface area contributed by atoms with Crippen LogP contribution in [0.3, 0.4) is 0 Å². The SMILES string of the molecule is CCCOCc1noc(-c2ccnc(N)c2)n1. The lowest BCUT2D eigenvalue weighted by Crippen LogP contribution is -1.95. The van der Waals surface area contributed by atoms with Crippen molar-refractivity contribution in [2.45, 2.75) is 20.0 Å². The van der Waals surface area contributed by atoms with Gasteiger partial charge in [-0.15, -0.1) is 0 Å². The number of hydrogen-bond acceptors (Lipinski definition) is 6. The Morgan fingerprint density at radius 1 is 1.47 bits per heavy atom. The number of nitrogens with zero attached hydrogens (tertiary/aromatic N) is 3. The molecular weight excluding hydrogens is 220 g/mol. The van der Waals surface area contributed by atoms with Gasteiger partial charge in [0.15, 0.2) is 5.82 Å². The maximum absolute atomic E-state index is 5.58. The fraction of sp³-hybridized carbons (Fsp3) is 0.364. The Bertz CT molecular complexity index is 484. The molecule has 2 heterocycles. The molecule has 0 bridgehead atoms. The quantitative estimate of drug-likeness (QED) is 0.791. The summed E-state index contributed by atoms with van der Waals surface area (Å²) in [6, 6.07) is 3.45. The zero-order valence-corrected chi connectivity index (χ0v) is 9.59. The first-order valence-corrected chi connectivity index (χ1v) is 5.42. The Morgan fingerprint density at radius 3 is 3.12 bits per heavy atom. The molecule has 2 aromatic heterocycles. The van der Waals surface area contributed by atoms with Crippen LogP contribution in [0.4, 0.5) is 5.82 Å². The van der Waals surface area contributed by atoms with E-state index >= 15 is 0 Å². The molecule has 0 fully saturated rings. The van der Waals surface area contributed by atoms with Gasteiger partial charge >= 0.3 is 0 Å². The minimum absolute atomic E-state index is 0.359. The van der Waals surface area contributed by atoms with Gasteiger partial charge in [0.2, 0.25) is 0 Å². The number of nitrogens with two attached hydrogens (primary N) is 1. The summed E-state index contributed by atoms with van der Waals surface area (Å²) in [5.74, 6) is 1.38. The van der Waals surface area contributed by atoms with Crippen molar-refractivity contribution in [3.05, 3.63) is 24.2 Å². The third-order valence-corrected chi connectivity index (χ3v) is 2.08. The van der Waals surface area contributed by atoms with E-state index in [-0.39, 0.29) is 0 Å². The van der Waals surface area contributed by atoms with Gasteiger partial charge in [0.1, 0.15) is 12.4 Å². The van der Waals surface area contributed by atoms with Crippen LogP contribution in [0.25, 0.3) is 11.5 Å². The summed E-state index contributed by atoms with van der Waals surface area (Å²) >= 11 is 0. The van der Waals surface area contributed by atoms with Crippen molar-refractivity contribution >= 4 is 5.82 Å². The molecule has 0 unspecified atom stereocenters. The summed E-state index contributed by atoms with van der Waals surface area (Å²) in [6.45, 7) is 3.09. The zero-order valence-electron chi connectivity index (χ0n) is 9.59. The predicted molar refractivity (Wildman–Crippen MR) is 61.9 cm³/mol. The number of rotatable bonds is 5. The van der Waals surface area contributed by atoms with E-state index in [9.17, 15) is 0 Å². The van der Waals surface area contributed by atoms with E-state index in [4.69, 9.17) is 15.0 Å². The minimum Gasteiger partial charge on any atom is -0.384 e. The van der Waals surface area contributed by atoms with Gasteiger partial charge in [0, 0.05) is 18.4 Å². The molecular formula is C11H14N4O2. The van der Waals surface area contributed by atoms with Gasteiger partial charge in [-0.05, 0) is 18.6 Å². The summed E-state index contributed by atoms with van der Waals surface area (Å²) in [4.78, 5) is 8.10. The van der Waals surface area contributed by atoms with Crippen LogP contribution >= 0.6 is 0 Å². The molecule has 2 aromatic rings. The monoisotopic (exact) mass is 234 g/mol. The number of aromatic nitrogens is 3. The van der Waals surface area contributed by atoms with Crippen molar-refractivity contribution < 1.29 is 9.26 Å². The molecule has 6 nitrogen and oxygen atoms in total. The molecule has 2 rings (SSSR count). The first-order valence-electron chi connectivity index (χ1n) is 5.42. The maximum atomic E-state index is 5.58. The first-order chi connectivity index (χ1) is 8.29. The van der Waals surface area contributed by atoms with Crippen LogP contribution in [0.2, 0.25) is 0 Å². The molecule has 17 heavy (non-hydrogen) atoms. The molecule has 0 aromatic carbocycles. The molecule has 0 saturated carbocycles. The third kappa shape index (κ3) is 3.01. The Labute approximate surface area is 98.8 Å². The second-order valence-corrected chi connectivity index (χ2v) is 3.54. The molecule has 0 amide bonds. The predicted octanol–water partition coefficient (Wildman–Crippen LogP) is 1.64. The molecule has 0 aliphatic heterocycles. The van der Waals surface area contributed by atoms with Gasteiger partial charge in [-0.3, -0.25) is 0 Å². The van der Waals surface area contributed by atoms with Crippen molar-refractivity contribution in [1.82, 2.24) is 15.1 Å². The highest BCUT2D eigenvalue weighted by atomic mass is 16.5. The van der Waals surface area contributed by atoms with Crippen LogP contribution in [-0.2, 0) is 11.3 Å². The fourth-order valence-corrected chi connectivity index (χ4v) is 1.32. The second-order valence-electron chi connectivity index (χ2n) is 3.54. The van der Waals surface area contributed by atoms with E-state index in [1.807, 2.05) is 6.92 Å². The summed E-state index contributed by atoms with van der Waals surface area (Å²) < 4.78 is 10.4. The fourth-order valence-electron chi connectivity index (χ4n) is 1.32. The Balaban J connectivity index is 2.07. The van der Waals surface area contributed by atoms with Crippen LogP contribution in [0.15, 0.2) is 22.9 Å². The number of pyridine rings is 1. The average Bonchev–Trinajstić information content (AvgIpc) is 2.78. The highest BCUT2D eigenvalue weighted by molar-refractivity contribution is 5.56.